The summed E-state index contributed by atoms with van der Waals surface area (Å²) in [6.45, 7) is 5.72. The van der Waals surface area contributed by atoms with Crippen LogP contribution in [0.1, 0.15) is 38.3 Å². The SMILES string of the molecule is CC(NCC1(C)CCCS1)c1ccccc1Br. The maximum Gasteiger partial charge on any atom is 0.0303 e. The summed E-state index contributed by atoms with van der Waals surface area (Å²) >= 11 is 5.73. The van der Waals surface area contributed by atoms with Crippen molar-refractivity contribution in [3.8, 4) is 0 Å². The molecule has 2 unspecified atom stereocenters. The zero-order valence-corrected chi connectivity index (χ0v) is 12.9. The number of thioether (sulfide) groups is 1. The van der Waals surface area contributed by atoms with Gasteiger partial charge in [0.05, 0.1) is 0 Å². The molecule has 1 N–H and O–H groups in total. The first-order valence-corrected chi connectivity index (χ1v) is 8.00. The fraction of sp³-hybridized carbons (Fsp3) is 0.571. The summed E-state index contributed by atoms with van der Waals surface area (Å²) in [4.78, 5) is 0. The highest BCUT2D eigenvalue weighted by atomic mass is 79.9. The van der Waals surface area contributed by atoms with Crippen molar-refractivity contribution in [1.82, 2.24) is 5.32 Å². The summed E-state index contributed by atoms with van der Waals surface area (Å²) in [6.07, 6.45) is 2.71. The van der Waals surface area contributed by atoms with Crippen LogP contribution in [0.3, 0.4) is 0 Å². The van der Waals surface area contributed by atoms with Gasteiger partial charge in [0.1, 0.15) is 0 Å². The third-order valence-corrected chi connectivity index (χ3v) is 5.71. The van der Waals surface area contributed by atoms with E-state index in [4.69, 9.17) is 0 Å². The topological polar surface area (TPSA) is 12.0 Å². The van der Waals surface area contributed by atoms with Crippen molar-refractivity contribution in [2.24, 2.45) is 0 Å². The molecule has 1 saturated heterocycles. The molecule has 94 valence electrons. The van der Waals surface area contributed by atoms with Crippen LogP contribution in [0.5, 0.6) is 0 Å². The van der Waals surface area contributed by atoms with Crippen molar-refractivity contribution in [2.45, 2.75) is 37.5 Å². The predicted octanol–water partition coefficient (Wildman–Crippen LogP) is 4.39. The average molecular weight is 314 g/mol. The molecule has 2 atom stereocenters. The van der Waals surface area contributed by atoms with Crippen molar-refractivity contribution in [3.05, 3.63) is 34.3 Å². The molecule has 0 radical (unpaired) electrons. The van der Waals surface area contributed by atoms with E-state index in [0.717, 1.165) is 6.54 Å². The van der Waals surface area contributed by atoms with Gasteiger partial charge >= 0.3 is 0 Å². The molecule has 1 aromatic rings. The molecule has 1 aromatic carbocycles. The maximum atomic E-state index is 3.67. The molecule has 0 amide bonds. The zero-order chi connectivity index (χ0) is 12.3. The Labute approximate surface area is 117 Å². The van der Waals surface area contributed by atoms with E-state index in [1.165, 1.54) is 28.6 Å². The van der Waals surface area contributed by atoms with Crippen LogP contribution in [0.2, 0.25) is 0 Å². The summed E-state index contributed by atoms with van der Waals surface area (Å²) in [6, 6.07) is 8.87. The summed E-state index contributed by atoms with van der Waals surface area (Å²) in [7, 11) is 0. The van der Waals surface area contributed by atoms with Crippen LogP contribution in [0, 0.1) is 0 Å². The number of benzene rings is 1. The van der Waals surface area contributed by atoms with Crippen LogP contribution in [0.4, 0.5) is 0 Å². The lowest BCUT2D eigenvalue weighted by molar-refractivity contribution is 0.489. The normalized spacial score (nSPS) is 26.1. The molecule has 0 spiro atoms. The van der Waals surface area contributed by atoms with E-state index in [1.54, 1.807) is 0 Å². The van der Waals surface area contributed by atoms with E-state index < -0.39 is 0 Å². The lowest BCUT2D eigenvalue weighted by Gasteiger charge is -2.26. The largest absolute Gasteiger partial charge is 0.309 e. The Morgan fingerprint density at radius 1 is 1.47 bits per heavy atom. The molecule has 0 saturated carbocycles. The molecule has 1 nitrogen and oxygen atoms in total. The van der Waals surface area contributed by atoms with Crippen LogP contribution < -0.4 is 5.32 Å². The smallest absolute Gasteiger partial charge is 0.0303 e. The molecule has 3 heteroatoms. The van der Waals surface area contributed by atoms with Crippen LogP contribution >= 0.6 is 27.7 Å². The Morgan fingerprint density at radius 3 is 2.88 bits per heavy atom. The number of hydrogen-bond acceptors (Lipinski definition) is 2. The van der Waals surface area contributed by atoms with Crippen molar-refractivity contribution < 1.29 is 0 Å². The second-order valence-electron chi connectivity index (χ2n) is 5.03. The highest BCUT2D eigenvalue weighted by Gasteiger charge is 2.29. The number of halogens is 1. The van der Waals surface area contributed by atoms with E-state index in [9.17, 15) is 0 Å². The fourth-order valence-electron chi connectivity index (χ4n) is 2.28. The Bertz CT molecular complexity index is 374. The first kappa shape index (κ1) is 13.4. The second-order valence-corrected chi connectivity index (χ2v) is 7.56. The quantitative estimate of drug-likeness (QED) is 0.885. The van der Waals surface area contributed by atoms with Crippen molar-refractivity contribution in [2.75, 3.05) is 12.3 Å². The third-order valence-electron chi connectivity index (χ3n) is 3.45. The fourth-order valence-corrected chi connectivity index (χ4v) is 4.17. The van der Waals surface area contributed by atoms with Gasteiger partial charge in [-0.15, -0.1) is 0 Å². The molecule has 1 heterocycles. The molecular formula is C14H20BrNS. The lowest BCUT2D eigenvalue weighted by atomic mass is 10.0. The highest BCUT2D eigenvalue weighted by Crippen LogP contribution is 2.37. The van der Waals surface area contributed by atoms with E-state index in [0.29, 0.717) is 10.8 Å². The van der Waals surface area contributed by atoms with Gasteiger partial charge in [-0.05, 0) is 44.1 Å². The first-order valence-electron chi connectivity index (χ1n) is 6.22. The van der Waals surface area contributed by atoms with Gasteiger partial charge in [0.25, 0.3) is 0 Å². The van der Waals surface area contributed by atoms with E-state index >= 15 is 0 Å². The van der Waals surface area contributed by atoms with Crippen LogP contribution in [0.15, 0.2) is 28.7 Å². The van der Waals surface area contributed by atoms with Crippen LogP contribution in [-0.4, -0.2) is 17.0 Å². The monoisotopic (exact) mass is 313 g/mol. The van der Waals surface area contributed by atoms with E-state index in [-0.39, 0.29) is 0 Å². The number of nitrogens with one attached hydrogen (secondary N) is 1. The Hall–Kier alpha value is 0.01000. The van der Waals surface area contributed by atoms with Crippen molar-refractivity contribution in [3.63, 3.8) is 0 Å². The van der Waals surface area contributed by atoms with Gasteiger partial charge in [-0.25, -0.2) is 0 Å². The minimum atomic E-state index is 0.406. The van der Waals surface area contributed by atoms with Gasteiger partial charge in [0.15, 0.2) is 0 Å². The van der Waals surface area contributed by atoms with Crippen LogP contribution in [0.25, 0.3) is 0 Å². The molecule has 0 aromatic heterocycles. The summed E-state index contributed by atoms with van der Waals surface area (Å²) < 4.78 is 1.64. The Kier molecular flexibility index (Phi) is 4.56. The molecule has 2 rings (SSSR count). The highest BCUT2D eigenvalue weighted by molar-refractivity contribution is 9.10. The molecule has 1 aliphatic rings. The molecular weight excluding hydrogens is 294 g/mol. The minimum absolute atomic E-state index is 0.406. The molecule has 0 bridgehead atoms. The standard InChI is InChI=1S/C14H20BrNS/c1-11(12-6-3-4-7-13(12)15)16-10-14(2)8-5-9-17-14/h3-4,6-7,11,16H,5,8-10H2,1-2H3. The van der Waals surface area contributed by atoms with Gasteiger partial charge in [-0.3, -0.25) is 0 Å². The van der Waals surface area contributed by atoms with Crippen molar-refractivity contribution in [1.29, 1.82) is 0 Å². The minimum Gasteiger partial charge on any atom is -0.309 e. The maximum absolute atomic E-state index is 3.67. The van der Waals surface area contributed by atoms with Gasteiger partial charge < -0.3 is 5.32 Å². The van der Waals surface area contributed by atoms with Gasteiger partial charge in [0.2, 0.25) is 0 Å². The van der Waals surface area contributed by atoms with Gasteiger partial charge in [-0.2, -0.15) is 11.8 Å². The molecule has 1 aliphatic heterocycles. The van der Waals surface area contributed by atoms with Crippen molar-refractivity contribution >= 4 is 27.7 Å². The van der Waals surface area contributed by atoms with Gasteiger partial charge in [0, 0.05) is 21.8 Å². The average Bonchev–Trinajstić information content (AvgIpc) is 2.74. The Morgan fingerprint density at radius 2 is 2.24 bits per heavy atom. The predicted molar refractivity (Wildman–Crippen MR) is 80.7 cm³/mol. The molecule has 17 heavy (non-hydrogen) atoms. The zero-order valence-electron chi connectivity index (χ0n) is 10.5. The summed E-state index contributed by atoms with van der Waals surface area (Å²) in [5, 5.41) is 3.67. The second kappa shape index (κ2) is 5.77. The number of hydrogen-bond donors (Lipinski definition) is 1. The third kappa shape index (κ3) is 3.49. The Balaban J connectivity index is 1.93. The van der Waals surface area contributed by atoms with E-state index in [2.05, 4.69) is 71.1 Å². The van der Waals surface area contributed by atoms with Gasteiger partial charge in [-0.1, -0.05) is 34.1 Å². The van der Waals surface area contributed by atoms with Crippen LogP contribution in [-0.2, 0) is 0 Å². The first-order chi connectivity index (χ1) is 8.11. The number of rotatable bonds is 4. The van der Waals surface area contributed by atoms with E-state index in [1.807, 2.05) is 0 Å². The summed E-state index contributed by atoms with van der Waals surface area (Å²) in [5.74, 6) is 1.32. The molecule has 0 aliphatic carbocycles. The molecule has 1 fully saturated rings. The summed E-state index contributed by atoms with van der Waals surface area (Å²) in [5.41, 5.74) is 1.35. The lowest BCUT2D eigenvalue weighted by Crippen LogP contribution is -2.34.